The lowest BCUT2D eigenvalue weighted by atomic mass is 10.2. The minimum atomic E-state index is -0.709. The summed E-state index contributed by atoms with van der Waals surface area (Å²) in [6.45, 7) is 4.67. The number of carbonyl (C=O) groups is 1. The topological polar surface area (TPSA) is 49.8 Å². The smallest absolute Gasteiger partial charge is 0.303 e. The van der Waals surface area contributed by atoms with Crippen molar-refractivity contribution in [2.24, 2.45) is 0 Å². The Morgan fingerprint density at radius 3 is 2.60 bits per heavy atom. The van der Waals surface area contributed by atoms with Crippen LogP contribution in [0.2, 0.25) is 0 Å². The molecule has 0 spiro atoms. The molecule has 1 aromatic rings. The molecule has 112 valence electrons. The Hall–Kier alpha value is -1.55. The summed E-state index contributed by atoms with van der Waals surface area (Å²) < 4.78 is 5.74. The Kier molecular flexibility index (Phi) is 7.73. The number of rotatable bonds is 10. The van der Waals surface area contributed by atoms with E-state index in [0.717, 1.165) is 43.7 Å². The molecule has 0 aromatic heterocycles. The third-order valence-electron chi connectivity index (χ3n) is 3.22. The Bertz CT molecular complexity index is 406. The largest absolute Gasteiger partial charge is 0.493 e. The number of aliphatic carboxylic acids is 1. The summed E-state index contributed by atoms with van der Waals surface area (Å²) in [5.74, 6) is 0.246. The molecule has 0 aliphatic heterocycles. The van der Waals surface area contributed by atoms with Gasteiger partial charge in [0.05, 0.1) is 6.61 Å². The highest BCUT2D eigenvalue weighted by molar-refractivity contribution is 5.66. The molecule has 0 saturated carbocycles. The molecule has 1 N–H and O–H groups in total. The van der Waals surface area contributed by atoms with Crippen LogP contribution in [0.1, 0.15) is 31.2 Å². The van der Waals surface area contributed by atoms with Gasteiger partial charge in [-0.25, -0.2) is 0 Å². The number of aryl methyl sites for hydroxylation is 1. The summed E-state index contributed by atoms with van der Waals surface area (Å²) in [6.07, 6.45) is 2.93. The standard InChI is InChI=1S/C16H25NO3/c1-14-8-3-4-9-15(14)20-13-7-12-17(2)11-6-5-10-16(18)19/h3-4,8-9H,5-7,10-13H2,1-2H3,(H,18,19). The van der Waals surface area contributed by atoms with Crippen LogP contribution in [0.5, 0.6) is 5.75 Å². The van der Waals surface area contributed by atoms with E-state index in [2.05, 4.69) is 11.9 Å². The molecule has 0 radical (unpaired) electrons. The zero-order valence-electron chi connectivity index (χ0n) is 12.5. The van der Waals surface area contributed by atoms with Crippen LogP contribution in [0.4, 0.5) is 0 Å². The average molecular weight is 279 g/mol. The number of unbranched alkanes of at least 4 members (excludes halogenated alkanes) is 1. The molecular formula is C16H25NO3. The maximum absolute atomic E-state index is 10.4. The fourth-order valence-electron chi connectivity index (χ4n) is 2.00. The van der Waals surface area contributed by atoms with Crippen molar-refractivity contribution in [2.75, 3.05) is 26.7 Å². The van der Waals surface area contributed by atoms with E-state index in [0.29, 0.717) is 6.61 Å². The number of hydrogen-bond donors (Lipinski definition) is 1. The molecule has 0 heterocycles. The van der Waals surface area contributed by atoms with E-state index in [1.807, 2.05) is 31.2 Å². The molecular weight excluding hydrogens is 254 g/mol. The van der Waals surface area contributed by atoms with E-state index in [1.165, 1.54) is 0 Å². The quantitative estimate of drug-likeness (QED) is 0.669. The van der Waals surface area contributed by atoms with Gasteiger partial charge in [0.15, 0.2) is 0 Å². The molecule has 0 aliphatic carbocycles. The van der Waals surface area contributed by atoms with E-state index >= 15 is 0 Å². The maximum Gasteiger partial charge on any atom is 0.303 e. The minimum absolute atomic E-state index is 0.268. The molecule has 1 rings (SSSR count). The second-order valence-electron chi connectivity index (χ2n) is 5.12. The van der Waals surface area contributed by atoms with Gasteiger partial charge in [-0.15, -0.1) is 0 Å². The first kappa shape index (κ1) is 16.5. The monoisotopic (exact) mass is 279 g/mol. The first-order valence-corrected chi connectivity index (χ1v) is 7.18. The van der Waals surface area contributed by atoms with Gasteiger partial charge >= 0.3 is 5.97 Å². The molecule has 0 fully saturated rings. The van der Waals surface area contributed by atoms with Gasteiger partial charge in [-0.3, -0.25) is 4.79 Å². The lowest BCUT2D eigenvalue weighted by Gasteiger charge is -2.16. The number of benzene rings is 1. The van der Waals surface area contributed by atoms with Crippen LogP contribution >= 0.6 is 0 Å². The summed E-state index contributed by atoms with van der Waals surface area (Å²) in [5, 5.41) is 8.55. The lowest BCUT2D eigenvalue weighted by Crippen LogP contribution is -2.22. The van der Waals surface area contributed by atoms with E-state index in [-0.39, 0.29) is 6.42 Å². The maximum atomic E-state index is 10.4. The Morgan fingerprint density at radius 2 is 1.90 bits per heavy atom. The van der Waals surface area contributed by atoms with Gasteiger partial charge in [-0.1, -0.05) is 18.2 Å². The van der Waals surface area contributed by atoms with E-state index in [1.54, 1.807) is 0 Å². The fourth-order valence-corrected chi connectivity index (χ4v) is 2.00. The highest BCUT2D eigenvalue weighted by atomic mass is 16.5. The zero-order chi connectivity index (χ0) is 14.8. The predicted octanol–water partition coefficient (Wildman–Crippen LogP) is 2.95. The highest BCUT2D eigenvalue weighted by Gasteiger charge is 2.02. The van der Waals surface area contributed by atoms with Crippen molar-refractivity contribution in [2.45, 2.75) is 32.6 Å². The van der Waals surface area contributed by atoms with Crippen LogP contribution in [0.3, 0.4) is 0 Å². The minimum Gasteiger partial charge on any atom is -0.493 e. The normalized spacial score (nSPS) is 10.8. The molecule has 20 heavy (non-hydrogen) atoms. The number of carboxylic acid groups (broad SMARTS) is 1. The average Bonchev–Trinajstić information content (AvgIpc) is 2.41. The first-order valence-electron chi connectivity index (χ1n) is 7.18. The summed E-state index contributed by atoms with van der Waals surface area (Å²) in [5.41, 5.74) is 1.16. The molecule has 0 unspecified atom stereocenters. The number of nitrogens with zero attached hydrogens (tertiary/aromatic N) is 1. The molecule has 1 aromatic carbocycles. The van der Waals surface area contributed by atoms with Crippen molar-refractivity contribution in [3.63, 3.8) is 0 Å². The molecule has 0 amide bonds. The summed E-state index contributed by atoms with van der Waals surface area (Å²) in [7, 11) is 2.06. The second-order valence-corrected chi connectivity index (χ2v) is 5.12. The molecule has 0 aliphatic rings. The van der Waals surface area contributed by atoms with Crippen molar-refractivity contribution in [3.05, 3.63) is 29.8 Å². The van der Waals surface area contributed by atoms with Gasteiger partial charge < -0.3 is 14.7 Å². The summed E-state index contributed by atoms with van der Waals surface area (Å²) in [6, 6.07) is 8.03. The SMILES string of the molecule is Cc1ccccc1OCCCN(C)CCCCC(=O)O. The summed E-state index contributed by atoms with van der Waals surface area (Å²) in [4.78, 5) is 12.6. The molecule has 4 nitrogen and oxygen atoms in total. The van der Waals surface area contributed by atoms with Gasteiger partial charge in [-0.05, 0) is 51.4 Å². The van der Waals surface area contributed by atoms with E-state index < -0.39 is 5.97 Å². The van der Waals surface area contributed by atoms with Crippen molar-refractivity contribution in [3.8, 4) is 5.75 Å². The summed E-state index contributed by atoms with van der Waals surface area (Å²) >= 11 is 0. The Labute approximate surface area is 121 Å². The fraction of sp³-hybridized carbons (Fsp3) is 0.562. The predicted molar refractivity (Wildman–Crippen MR) is 80.3 cm³/mol. The Balaban J connectivity index is 2.06. The van der Waals surface area contributed by atoms with Crippen molar-refractivity contribution in [1.29, 1.82) is 0 Å². The van der Waals surface area contributed by atoms with Crippen LogP contribution in [-0.2, 0) is 4.79 Å². The Morgan fingerprint density at radius 1 is 1.20 bits per heavy atom. The number of carboxylic acids is 1. The van der Waals surface area contributed by atoms with Crippen LogP contribution < -0.4 is 4.74 Å². The van der Waals surface area contributed by atoms with Crippen LogP contribution in [-0.4, -0.2) is 42.7 Å². The van der Waals surface area contributed by atoms with Gasteiger partial charge in [0.2, 0.25) is 0 Å². The molecule has 0 bridgehead atoms. The highest BCUT2D eigenvalue weighted by Crippen LogP contribution is 2.16. The number of para-hydroxylation sites is 1. The van der Waals surface area contributed by atoms with Crippen LogP contribution in [0, 0.1) is 6.92 Å². The second kappa shape index (κ2) is 9.37. The van der Waals surface area contributed by atoms with Crippen molar-refractivity contribution < 1.29 is 14.6 Å². The third kappa shape index (κ3) is 7.14. The third-order valence-corrected chi connectivity index (χ3v) is 3.22. The first-order chi connectivity index (χ1) is 9.59. The zero-order valence-corrected chi connectivity index (χ0v) is 12.5. The number of hydrogen-bond acceptors (Lipinski definition) is 3. The van der Waals surface area contributed by atoms with Crippen molar-refractivity contribution >= 4 is 5.97 Å². The van der Waals surface area contributed by atoms with Gasteiger partial charge in [0, 0.05) is 13.0 Å². The van der Waals surface area contributed by atoms with Gasteiger partial charge in [0.25, 0.3) is 0 Å². The van der Waals surface area contributed by atoms with Gasteiger partial charge in [0.1, 0.15) is 5.75 Å². The molecule has 0 atom stereocenters. The molecule has 4 heteroatoms. The van der Waals surface area contributed by atoms with E-state index in [9.17, 15) is 4.79 Å². The van der Waals surface area contributed by atoms with Crippen molar-refractivity contribution in [1.82, 2.24) is 4.90 Å². The number of ether oxygens (including phenoxy) is 1. The van der Waals surface area contributed by atoms with E-state index in [4.69, 9.17) is 9.84 Å². The molecule has 0 saturated heterocycles. The van der Waals surface area contributed by atoms with Crippen LogP contribution in [0.25, 0.3) is 0 Å². The lowest BCUT2D eigenvalue weighted by molar-refractivity contribution is -0.137. The van der Waals surface area contributed by atoms with Crippen LogP contribution in [0.15, 0.2) is 24.3 Å². The van der Waals surface area contributed by atoms with Gasteiger partial charge in [-0.2, -0.15) is 0 Å².